The largest absolute Gasteiger partial charge is 0.422 e. The van der Waals surface area contributed by atoms with Gasteiger partial charge in [-0.3, -0.25) is 0 Å². The first kappa shape index (κ1) is 23.1. The molecule has 0 saturated carbocycles. The minimum atomic E-state index is -3.58. The van der Waals surface area contributed by atoms with Crippen LogP contribution >= 0.6 is 7.14 Å². The Hall–Kier alpha value is -3.68. The minimum absolute atomic E-state index is 0.110. The Morgan fingerprint density at radius 1 is 0.686 bits per heavy atom. The molecule has 0 amide bonds. The molecule has 0 unspecified atom stereocenters. The van der Waals surface area contributed by atoms with E-state index >= 15 is 4.57 Å². The quantitative estimate of drug-likeness (QED) is 0.222. The van der Waals surface area contributed by atoms with Gasteiger partial charge in [0.15, 0.2) is 7.14 Å². The van der Waals surface area contributed by atoms with Crippen molar-refractivity contribution in [3.05, 3.63) is 125 Å². The topological polar surface area (TPSA) is 47.3 Å². The maximum absolute atomic E-state index is 15.3. The Balaban J connectivity index is 1.99. The van der Waals surface area contributed by atoms with Crippen molar-refractivity contribution in [3.63, 3.8) is 0 Å². The third-order valence-corrected chi connectivity index (χ3v) is 9.45. The van der Waals surface area contributed by atoms with Crippen LogP contribution in [0.2, 0.25) is 0 Å². The van der Waals surface area contributed by atoms with Crippen LogP contribution in [0, 0.1) is 0 Å². The van der Waals surface area contributed by atoms with Crippen molar-refractivity contribution < 1.29 is 8.98 Å². The highest BCUT2D eigenvalue weighted by Gasteiger charge is 2.37. The molecule has 1 heterocycles. The summed E-state index contributed by atoms with van der Waals surface area (Å²) < 4.78 is 21.2. The van der Waals surface area contributed by atoms with Crippen molar-refractivity contribution in [3.8, 4) is 11.1 Å². The van der Waals surface area contributed by atoms with E-state index in [0.717, 1.165) is 16.5 Å². The van der Waals surface area contributed by atoms with Crippen LogP contribution in [0.15, 0.2) is 118 Å². The van der Waals surface area contributed by atoms with E-state index in [2.05, 4.69) is 26.8 Å². The number of hydrogen-bond acceptors (Lipinski definition) is 3. The molecule has 5 rings (SSSR count). The van der Waals surface area contributed by atoms with Crippen LogP contribution in [0.3, 0.4) is 0 Å². The van der Waals surface area contributed by atoms with Crippen LogP contribution in [0.5, 0.6) is 0 Å². The molecule has 1 aromatic heterocycles. The average Bonchev–Trinajstić information content (AvgIpc) is 2.88. The summed E-state index contributed by atoms with van der Waals surface area (Å²) in [6.45, 7) is 6.44. The Kier molecular flexibility index (Phi) is 5.83. The van der Waals surface area contributed by atoms with E-state index in [4.69, 9.17) is 4.42 Å². The first-order chi connectivity index (χ1) is 16.8. The molecule has 0 atom stereocenters. The van der Waals surface area contributed by atoms with Gasteiger partial charge in [0.25, 0.3) is 0 Å². The van der Waals surface area contributed by atoms with Crippen LogP contribution in [0.4, 0.5) is 0 Å². The Bertz CT molecular complexity index is 1550. The van der Waals surface area contributed by atoms with E-state index in [1.165, 1.54) is 0 Å². The predicted molar refractivity (Wildman–Crippen MR) is 146 cm³/mol. The van der Waals surface area contributed by atoms with Crippen molar-refractivity contribution in [2.75, 3.05) is 0 Å². The summed E-state index contributed by atoms with van der Waals surface area (Å²) in [4.78, 5) is 13.8. The molecule has 5 aromatic rings. The van der Waals surface area contributed by atoms with E-state index in [0.29, 0.717) is 21.8 Å². The Morgan fingerprint density at radius 2 is 1.20 bits per heavy atom. The molecule has 0 aliphatic heterocycles. The maximum atomic E-state index is 15.3. The summed E-state index contributed by atoms with van der Waals surface area (Å²) in [6.07, 6.45) is 0. The van der Waals surface area contributed by atoms with Gasteiger partial charge >= 0.3 is 5.63 Å². The summed E-state index contributed by atoms with van der Waals surface area (Å²) in [5.41, 5.74) is 2.41. The first-order valence-electron chi connectivity index (χ1n) is 11.7. The molecule has 0 aliphatic rings. The molecule has 0 bridgehead atoms. The summed E-state index contributed by atoms with van der Waals surface area (Å²) in [5, 5.41) is 2.19. The van der Waals surface area contributed by atoms with Gasteiger partial charge in [-0.15, -0.1) is 0 Å². The van der Waals surface area contributed by atoms with Crippen molar-refractivity contribution in [1.82, 2.24) is 0 Å². The highest BCUT2D eigenvalue weighted by Crippen LogP contribution is 2.46. The zero-order valence-corrected chi connectivity index (χ0v) is 21.0. The van der Waals surface area contributed by atoms with E-state index in [-0.39, 0.29) is 10.7 Å². The van der Waals surface area contributed by atoms with E-state index < -0.39 is 12.8 Å². The molecule has 0 N–H and O–H groups in total. The summed E-state index contributed by atoms with van der Waals surface area (Å²) in [6, 6.07) is 34.2. The smallest absolute Gasteiger partial charge is 0.348 e. The molecule has 35 heavy (non-hydrogen) atoms. The lowest BCUT2D eigenvalue weighted by molar-refractivity contribution is 0.561. The summed E-state index contributed by atoms with van der Waals surface area (Å²) in [5.74, 6) is 0. The lowest BCUT2D eigenvalue weighted by atomic mass is 9.85. The van der Waals surface area contributed by atoms with E-state index in [1.54, 1.807) is 0 Å². The molecule has 0 radical (unpaired) electrons. The third kappa shape index (κ3) is 4.07. The fourth-order valence-corrected chi connectivity index (χ4v) is 7.39. The van der Waals surface area contributed by atoms with Gasteiger partial charge in [-0.2, -0.15) is 0 Å². The molecule has 3 nitrogen and oxygen atoms in total. The van der Waals surface area contributed by atoms with Gasteiger partial charge in [0.05, 0.1) is 0 Å². The first-order valence-corrected chi connectivity index (χ1v) is 13.4. The van der Waals surface area contributed by atoms with Crippen LogP contribution in [0.1, 0.15) is 26.3 Å². The molecule has 0 aliphatic carbocycles. The minimum Gasteiger partial charge on any atom is -0.422 e. The van der Waals surface area contributed by atoms with E-state index in [9.17, 15) is 4.79 Å². The predicted octanol–water partition coefficient (Wildman–Crippen LogP) is 6.40. The van der Waals surface area contributed by atoms with E-state index in [1.807, 2.05) is 103 Å². The highest BCUT2D eigenvalue weighted by atomic mass is 31.2. The van der Waals surface area contributed by atoms with Gasteiger partial charge < -0.3 is 8.98 Å². The molecule has 0 fully saturated rings. The average molecular weight is 479 g/mol. The standard InChI is InChI=1S/C31H27O3P/c1-31(2,3)23-19-20-27-26(21-23)28(22-13-7-4-8-14-22)29(30(32)34-27)35(33,24-15-9-5-10-16-24)25-17-11-6-12-18-25/h4-21H,1-3H3. The Morgan fingerprint density at radius 3 is 1.71 bits per heavy atom. The lowest BCUT2D eigenvalue weighted by Gasteiger charge is -2.24. The van der Waals surface area contributed by atoms with Gasteiger partial charge in [0.1, 0.15) is 10.9 Å². The van der Waals surface area contributed by atoms with Crippen LogP contribution in [-0.2, 0) is 9.98 Å². The summed E-state index contributed by atoms with van der Waals surface area (Å²) in [7, 11) is -3.58. The van der Waals surface area contributed by atoms with Crippen LogP contribution in [-0.4, -0.2) is 0 Å². The molecular weight excluding hydrogens is 451 g/mol. The molecule has 0 saturated heterocycles. The molecule has 174 valence electrons. The van der Waals surface area contributed by atoms with Gasteiger partial charge in [-0.05, 0) is 28.7 Å². The zero-order valence-electron chi connectivity index (χ0n) is 20.1. The van der Waals surface area contributed by atoms with Gasteiger partial charge in [-0.1, -0.05) is 118 Å². The fourth-order valence-electron chi connectivity index (χ4n) is 4.52. The Labute approximate surface area is 205 Å². The molecule has 0 spiro atoms. The lowest BCUT2D eigenvalue weighted by Crippen LogP contribution is -2.35. The maximum Gasteiger partial charge on any atom is 0.348 e. The van der Waals surface area contributed by atoms with Gasteiger partial charge in [-0.25, -0.2) is 4.79 Å². The zero-order chi connectivity index (χ0) is 24.6. The third-order valence-electron chi connectivity index (χ3n) is 6.36. The van der Waals surface area contributed by atoms with Crippen molar-refractivity contribution in [2.45, 2.75) is 26.2 Å². The van der Waals surface area contributed by atoms with Gasteiger partial charge in [0, 0.05) is 21.6 Å². The van der Waals surface area contributed by atoms with Crippen LogP contribution in [0.25, 0.3) is 22.1 Å². The number of rotatable bonds is 4. The molecule has 4 heteroatoms. The number of benzene rings is 4. The molecular formula is C31H27O3P. The second-order valence-corrected chi connectivity index (χ2v) is 12.4. The number of hydrogen-bond donors (Lipinski definition) is 0. The SMILES string of the molecule is CC(C)(C)c1ccc2oc(=O)c(P(=O)(c3ccccc3)c3ccccc3)c(-c3ccccc3)c2c1. The summed E-state index contributed by atoms with van der Waals surface area (Å²) >= 11 is 0. The van der Waals surface area contributed by atoms with Crippen molar-refractivity contribution >= 4 is 34.0 Å². The molecule has 4 aromatic carbocycles. The van der Waals surface area contributed by atoms with Crippen LogP contribution < -0.4 is 21.5 Å². The normalized spacial score (nSPS) is 12.1. The second-order valence-electron chi connectivity index (χ2n) is 9.72. The monoisotopic (exact) mass is 478 g/mol. The van der Waals surface area contributed by atoms with Gasteiger partial charge in [0.2, 0.25) is 0 Å². The van der Waals surface area contributed by atoms with Crippen molar-refractivity contribution in [1.29, 1.82) is 0 Å². The van der Waals surface area contributed by atoms with Crippen molar-refractivity contribution in [2.24, 2.45) is 0 Å². The number of fused-ring (bicyclic) bond motifs is 1. The fraction of sp³-hybridized carbons (Fsp3) is 0.129. The highest BCUT2D eigenvalue weighted by molar-refractivity contribution is 7.85. The second kappa shape index (κ2) is 8.83.